The van der Waals surface area contributed by atoms with Crippen molar-refractivity contribution in [2.45, 2.75) is 18.9 Å². The van der Waals surface area contributed by atoms with Crippen molar-refractivity contribution in [1.82, 2.24) is 5.32 Å². The summed E-state index contributed by atoms with van der Waals surface area (Å²) >= 11 is 0. The van der Waals surface area contributed by atoms with E-state index in [-0.39, 0.29) is 0 Å². The molecule has 0 amide bonds. The van der Waals surface area contributed by atoms with Gasteiger partial charge in [0.25, 0.3) is 0 Å². The minimum absolute atomic E-state index is 0.533. The van der Waals surface area contributed by atoms with Crippen molar-refractivity contribution in [2.24, 2.45) is 17.8 Å². The van der Waals surface area contributed by atoms with Crippen molar-refractivity contribution in [2.75, 3.05) is 27.3 Å². The van der Waals surface area contributed by atoms with Crippen molar-refractivity contribution in [3.05, 3.63) is 35.9 Å². The van der Waals surface area contributed by atoms with Gasteiger partial charge in [0.1, 0.15) is 0 Å². The summed E-state index contributed by atoms with van der Waals surface area (Å²) < 4.78 is 10.5. The zero-order valence-electron chi connectivity index (χ0n) is 13.3. The van der Waals surface area contributed by atoms with E-state index in [0.717, 1.165) is 29.9 Å². The van der Waals surface area contributed by atoms with Gasteiger partial charge in [0.05, 0.1) is 20.3 Å². The average molecular weight is 303 g/mol. The maximum atomic E-state index is 10.3. The summed E-state index contributed by atoms with van der Waals surface area (Å²) in [5.74, 6) is 3.60. The lowest BCUT2D eigenvalue weighted by molar-refractivity contribution is 0.171. The molecule has 1 aromatic rings. The van der Waals surface area contributed by atoms with E-state index in [1.165, 1.54) is 12.8 Å². The highest BCUT2D eigenvalue weighted by molar-refractivity contribution is 5.43. The van der Waals surface area contributed by atoms with Crippen molar-refractivity contribution in [3.63, 3.8) is 0 Å². The van der Waals surface area contributed by atoms with Crippen LogP contribution in [0.5, 0.6) is 11.5 Å². The summed E-state index contributed by atoms with van der Waals surface area (Å²) in [6.45, 7) is 1.54. The third-order valence-electron chi connectivity index (χ3n) is 4.95. The molecule has 0 aromatic heterocycles. The fourth-order valence-corrected chi connectivity index (χ4v) is 3.71. The maximum Gasteiger partial charge on any atom is 0.161 e. The Morgan fingerprint density at radius 3 is 2.64 bits per heavy atom. The second-order valence-electron chi connectivity index (χ2n) is 6.33. The first-order valence-corrected chi connectivity index (χ1v) is 8.00. The molecule has 1 saturated carbocycles. The number of allylic oxidation sites excluding steroid dienone is 2. The van der Waals surface area contributed by atoms with E-state index >= 15 is 0 Å². The highest BCUT2D eigenvalue weighted by Gasteiger charge is 2.35. The predicted octanol–water partition coefficient (Wildman–Crippen LogP) is 2.54. The van der Waals surface area contributed by atoms with Crippen LogP contribution in [0, 0.1) is 17.8 Å². The van der Waals surface area contributed by atoms with Gasteiger partial charge in [-0.2, -0.15) is 0 Å². The topological polar surface area (TPSA) is 50.7 Å². The van der Waals surface area contributed by atoms with Gasteiger partial charge in [-0.05, 0) is 54.8 Å². The first-order valence-electron chi connectivity index (χ1n) is 8.00. The molecule has 0 radical (unpaired) electrons. The molecule has 0 spiro atoms. The Morgan fingerprint density at radius 2 is 2.00 bits per heavy atom. The zero-order chi connectivity index (χ0) is 15.5. The summed E-state index contributed by atoms with van der Waals surface area (Å²) in [4.78, 5) is 0. The Hall–Kier alpha value is -1.52. The Bertz CT molecular complexity index is 543. The Kier molecular flexibility index (Phi) is 4.69. The number of rotatable bonds is 7. The molecular weight excluding hydrogens is 278 g/mol. The fourth-order valence-electron chi connectivity index (χ4n) is 3.71. The normalized spacial score (nSPS) is 27.1. The molecule has 1 aromatic carbocycles. The highest BCUT2D eigenvalue weighted by atomic mass is 16.5. The van der Waals surface area contributed by atoms with E-state index in [9.17, 15) is 5.11 Å². The molecule has 0 heterocycles. The minimum Gasteiger partial charge on any atom is -0.493 e. The molecule has 4 heteroatoms. The molecule has 3 rings (SSSR count). The number of aliphatic hydroxyl groups is 1. The quantitative estimate of drug-likeness (QED) is 0.760. The molecular formula is C18H25NO3. The van der Waals surface area contributed by atoms with Gasteiger partial charge < -0.3 is 19.9 Å². The largest absolute Gasteiger partial charge is 0.493 e. The van der Waals surface area contributed by atoms with E-state index in [2.05, 4.69) is 17.5 Å². The van der Waals surface area contributed by atoms with E-state index < -0.39 is 6.10 Å². The van der Waals surface area contributed by atoms with Crippen molar-refractivity contribution in [1.29, 1.82) is 0 Å². The number of benzene rings is 1. The average Bonchev–Trinajstić information content (AvgIpc) is 3.17. The molecule has 22 heavy (non-hydrogen) atoms. The van der Waals surface area contributed by atoms with Crippen LogP contribution in [0.4, 0.5) is 0 Å². The second kappa shape index (κ2) is 6.71. The molecule has 0 saturated heterocycles. The van der Waals surface area contributed by atoms with Crippen LogP contribution in [0.1, 0.15) is 24.5 Å². The lowest BCUT2D eigenvalue weighted by Crippen LogP contribution is -2.29. The summed E-state index contributed by atoms with van der Waals surface area (Å²) in [5.41, 5.74) is 0.845. The summed E-state index contributed by atoms with van der Waals surface area (Å²) in [6, 6.07) is 5.55. The number of hydrogen-bond donors (Lipinski definition) is 2. The molecule has 120 valence electrons. The van der Waals surface area contributed by atoms with Gasteiger partial charge in [-0.25, -0.2) is 0 Å². The second-order valence-corrected chi connectivity index (χ2v) is 6.33. The van der Waals surface area contributed by atoms with Gasteiger partial charge in [0.15, 0.2) is 11.5 Å². The van der Waals surface area contributed by atoms with Crippen LogP contribution in [-0.2, 0) is 0 Å². The standard InChI is InChI=1S/C18H25NO3/c1-21-17-6-5-14(9-18(17)22-2)16(20)11-19-10-15-8-12-3-4-13(15)7-12/h3-6,9,12-13,15-16,19-20H,7-8,10-11H2,1-2H3. The fraction of sp³-hybridized carbons (Fsp3) is 0.556. The summed E-state index contributed by atoms with van der Waals surface area (Å²) in [7, 11) is 3.22. The molecule has 2 aliphatic carbocycles. The molecule has 4 atom stereocenters. The lowest BCUT2D eigenvalue weighted by atomic mass is 9.93. The Labute approximate surface area is 132 Å². The van der Waals surface area contributed by atoms with Gasteiger partial charge in [-0.1, -0.05) is 18.2 Å². The van der Waals surface area contributed by atoms with Crippen LogP contribution in [0.25, 0.3) is 0 Å². The number of fused-ring (bicyclic) bond motifs is 2. The third-order valence-corrected chi connectivity index (χ3v) is 4.95. The monoisotopic (exact) mass is 303 g/mol. The molecule has 2 aliphatic rings. The molecule has 2 N–H and O–H groups in total. The number of aliphatic hydroxyl groups excluding tert-OH is 1. The predicted molar refractivity (Wildman–Crippen MR) is 86.2 cm³/mol. The minimum atomic E-state index is -0.533. The smallest absolute Gasteiger partial charge is 0.161 e. The van der Waals surface area contributed by atoms with Crippen molar-refractivity contribution in [3.8, 4) is 11.5 Å². The Balaban J connectivity index is 1.51. The first kappa shape index (κ1) is 15.4. The van der Waals surface area contributed by atoms with Gasteiger partial charge in [0, 0.05) is 6.54 Å². The number of ether oxygens (including phenoxy) is 2. The van der Waals surface area contributed by atoms with Crippen molar-refractivity contribution < 1.29 is 14.6 Å². The summed E-state index contributed by atoms with van der Waals surface area (Å²) in [6.07, 6.45) is 6.81. The van der Waals surface area contributed by atoms with E-state index in [0.29, 0.717) is 18.0 Å². The van der Waals surface area contributed by atoms with Gasteiger partial charge in [0.2, 0.25) is 0 Å². The van der Waals surface area contributed by atoms with E-state index in [1.807, 2.05) is 18.2 Å². The van der Waals surface area contributed by atoms with Crippen LogP contribution in [0.2, 0.25) is 0 Å². The SMILES string of the molecule is COc1ccc(C(O)CNCC2CC3C=CC2C3)cc1OC. The number of methoxy groups -OCH3 is 2. The van der Waals surface area contributed by atoms with E-state index in [4.69, 9.17) is 9.47 Å². The van der Waals surface area contributed by atoms with Crippen LogP contribution < -0.4 is 14.8 Å². The first-order chi connectivity index (χ1) is 10.7. The molecule has 0 aliphatic heterocycles. The van der Waals surface area contributed by atoms with Gasteiger partial charge in [-0.15, -0.1) is 0 Å². The van der Waals surface area contributed by atoms with Crippen LogP contribution in [0.3, 0.4) is 0 Å². The zero-order valence-corrected chi connectivity index (χ0v) is 13.3. The van der Waals surface area contributed by atoms with Crippen LogP contribution >= 0.6 is 0 Å². The highest BCUT2D eigenvalue weighted by Crippen LogP contribution is 2.43. The summed E-state index contributed by atoms with van der Waals surface area (Å²) in [5, 5.41) is 13.8. The van der Waals surface area contributed by atoms with Crippen LogP contribution in [0.15, 0.2) is 30.4 Å². The lowest BCUT2D eigenvalue weighted by Gasteiger charge is -2.20. The molecule has 2 bridgehead atoms. The Morgan fingerprint density at radius 1 is 1.18 bits per heavy atom. The maximum absolute atomic E-state index is 10.3. The van der Waals surface area contributed by atoms with Gasteiger partial charge in [-0.3, -0.25) is 0 Å². The molecule has 4 unspecified atom stereocenters. The molecule has 1 fully saturated rings. The molecule has 4 nitrogen and oxygen atoms in total. The van der Waals surface area contributed by atoms with Crippen LogP contribution in [-0.4, -0.2) is 32.4 Å². The van der Waals surface area contributed by atoms with Gasteiger partial charge >= 0.3 is 0 Å². The number of hydrogen-bond acceptors (Lipinski definition) is 4. The van der Waals surface area contributed by atoms with Crippen molar-refractivity contribution >= 4 is 0 Å². The van der Waals surface area contributed by atoms with E-state index in [1.54, 1.807) is 14.2 Å². The third kappa shape index (κ3) is 3.13. The number of nitrogens with one attached hydrogen (secondary N) is 1.